The highest BCUT2D eigenvalue weighted by atomic mass is 16.8. The van der Waals surface area contributed by atoms with Crippen molar-refractivity contribution in [2.24, 2.45) is 10.8 Å². The monoisotopic (exact) mass is 478 g/mol. The van der Waals surface area contributed by atoms with Crippen LogP contribution in [0.5, 0.6) is 0 Å². The number of rotatable bonds is 4. The first-order chi connectivity index (χ1) is 17.5. The van der Waals surface area contributed by atoms with Crippen molar-refractivity contribution in [3.8, 4) is 0 Å². The van der Waals surface area contributed by atoms with Gasteiger partial charge in [0.1, 0.15) is 0 Å². The summed E-state index contributed by atoms with van der Waals surface area (Å²) in [7, 11) is 0. The molecule has 2 aliphatic carbocycles. The number of carbonyl (C=O) groups is 2. The minimum atomic E-state index is -1.09. The number of benzene rings is 3. The van der Waals surface area contributed by atoms with Crippen LogP contribution in [-0.4, -0.2) is 17.0 Å². The number of nitrogens with one attached hydrogen (secondary N) is 1. The van der Waals surface area contributed by atoms with E-state index in [4.69, 9.17) is 0 Å². The van der Waals surface area contributed by atoms with E-state index >= 15 is 0 Å². The fourth-order valence-corrected chi connectivity index (χ4v) is 6.46. The van der Waals surface area contributed by atoms with Gasteiger partial charge in [0, 0.05) is 12.1 Å². The van der Waals surface area contributed by atoms with Crippen LogP contribution in [0.3, 0.4) is 0 Å². The lowest BCUT2D eigenvalue weighted by molar-refractivity contribution is -0.991. The summed E-state index contributed by atoms with van der Waals surface area (Å²) in [5.41, 5.74) is 2.99. The number of anilines is 1. The number of hydrogen-bond acceptors (Lipinski definition) is 4. The zero-order valence-electron chi connectivity index (χ0n) is 19.7. The Bertz CT molecular complexity index is 1330. The molecule has 0 aromatic heterocycles. The maximum atomic E-state index is 14.2. The van der Waals surface area contributed by atoms with E-state index in [1.54, 1.807) is 12.1 Å². The highest BCUT2D eigenvalue weighted by molar-refractivity contribution is 6.26. The quantitative estimate of drug-likeness (QED) is 0.327. The number of hydrogen-bond donors (Lipinski definition) is 2. The van der Waals surface area contributed by atoms with Crippen molar-refractivity contribution in [2.45, 2.75) is 25.7 Å². The number of imide groups is 1. The molecule has 0 spiro atoms. The number of amides is 2. The molecule has 2 N–H and O–H groups in total. The second kappa shape index (κ2) is 8.38. The van der Waals surface area contributed by atoms with Gasteiger partial charge in [-0.15, -0.1) is 0 Å². The first kappa shape index (κ1) is 22.6. The van der Waals surface area contributed by atoms with Gasteiger partial charge in [0.2, 0.25) is 11.8 Å². The Hall–Kier alpha value is -3.84. The summed E-state index contributed by atoms with van der Waals surface area (Å²) >= 11 is 0. The van der Waals surface area contributed by atoms with E-state index in [2.05, 4.69) is 24.3 Å². The van der Waals surface area contributed by atoms with Crippen molar-refractivity contribution in [3.63, 3.8) is 0 Å². The molecule has 3 atom stereocenters. The second-order valence-corrected chi connectivity index (χ2v) is 9.91. The van der Waals surface area contributed by atoms with Gasteiger partial charge in [-0.25, -0.2) is 10.1 Å². The fraction of sp³-hybridized carbons (Fsp3) is 0.200. The lowest BCUT2D eigenvalue weighted by Crippen LogP contribution is -2.99. The number of quaternary nitrogens is 1. The Kier molecular flexibility index (Phi) is 5.26. The molecule has 3 unspecified atom stereocenters. The van der Waals surface area contributed by atoms with Gasteiger partial charge in [-0.05, 0) is 48.4 Å². The molecule has 3 aromatic rings. The molecule has 0 bridgehead atoms. The molecule has 1 saturated heterocycles. The van der Waals surface area contributed by atoms with Crippen molar-refractivity contribution in [1.29, 1.82) is 0 Å². The third kappa shape index (κ3) is 3.15. The van der Waals surface area contributed by atoms with Gasteiger partial charge >= 0.3 is 0 Å². The van der Waals surface area contributed by atoms with Crippen LogP contribution in [0.2, 0.25) is 0 Å². The standard InChI is InChI=1S/C30H26N2O4/c33-27-29-16-7-8-17-30(29,28(34)31(27)24-14-9-15-25(18-24)32(35)36)20-23(19-29)26(21-10-3-1-4-11-21)22-12-5-2-6-13-22/h1-15,18,32,35H,16-17,19-20H2. The summed E-state index contributed by atoms with van der Waals surface area (Å²) in [5, 5.41) is 19.9. The zero-order chi connectivity index (χ0) is 24.9. The van der Waals surface area contributed by atoms with Gasteiger partial charge in [0.15, 0.2) is 5.69 Å². The predicted molar refractivity (Wildman–Crippen MR) is 136 cm³/mol. The molecule has 1 heterocycles. The molecule has 6 rings (SSSR count). The lowest BCUT2D eigenvalue weighted by atomic mass is 9.61. The average Bonchev–Trinajstić information content (AvgIpc) is 3.35. The van der Waals surface area contributed by atoms with Gasteiger partial charge < -0.3 is 5.21 Å². The summed E-state index contributed by atoms with van der Waals surface area (Å²) in [5.74, 6) is -0.454. The van der Waals surface area contributed by atoms with Crippen LogP contribution in [-0.2, 0) is 9.59 Å². The smallest absolute Gasteiger partial charge is 0.241 e. The number of nitrogens with zero attached hydrogens (tertiary/aromatic N) is 1. The first-order valence-corrected chi connectivity index (χ1v) is 12.2. The Labute approximate surface area is 209 Å². The largest absolute Gasteiger partial charge is 0.595 e. The van der Waals surface area contributed by atoms with Crippen LogP contribution < -0.4 is 10.1 Å². The van der Waals surface area contributed by atoms with Crippen molar-refractivity contribution >= 4 is 28.8 Å². The molecule has 2 fully saturated rings. The van der Waals surface area contributed by atoms with E-state index in [0.29, 0.717) is 31.4 Å². The molecule has 1 aliphatic heterocycles. The van der Waals surface area contributed by atoms with Crippen molar-refractivity contribution in [1.82, 2.24) is 0 Å². The molecule has 0 radical (unpaired) electrons. The molecule has 2 amide bonds. The van der Waals surface area contributed by atoms with E-state index < -0.39 is 16.1 Å². The molecule has 3 aromatic carbocycles. The minimum absolute atomic E-state index is 0.0530. The number of carbonyl (C=O) groups excluding carboxylic acids is 2. The van der Waals surface area contributed by atoms with Crippen LogP contribution in [0.1, 0.15) is 36.8 Å². The summed E-state index contributed by atoms with van der Waals surface area (Å²) in [4.78, 5) is 29.6. The van der Waals surface area contributed by atoms with Gasteiger partial charge in [0.25, 0.3) is 0 Å². The molecule has 1 saturated carbocycles. The third-order valence-electron chi connectivity index (χ3n) is 8.10. The second-order valence-electron chi connectivity index (χ2n) is 9.91. The Balaban J connectivity index is 1.51. The Morgan fingerprint density at radius 1 is 0.778 bits per heavy atom. The fourth-order valence-electron chi connectivity index (χ4n) is 6.46. The van der Waals surface area contributed by atoms with E-state index in [1.807, 2.05) is 48.6 Å². The van der Waals surface area contributed by atoms with Gasteiger partial charge in [-0.2, -0.15) is 5.23 Å². The predicted octanol–water partition coefficient (Wildman–Crippen LogP) is 4.58. The number of allylic oxidation sites excluding steroid dienone is 3. The summed E-state index contributed by atoms with van der Waals surface area (Å²) in [6.45, 7) is 0. The lowest BCUT2D eigenvalue weighted by Gasteiger charge is -2.36. The maximum Gasteiger partial charge on any atom is 0.241 e. The van der Waals surface area contributed by atoms with Gasteiger partial charge in [-0.3, -0.25) is 9.59 Å². The molecule has 6 nitrogen and oxygen atoms in total. The molecule has 36 heavy (non-hydrogen) atoms. The molecule has 6 heteroatoms. The van der Waals surface area contributed by atoms with Crippen molar-refractivity contribution in [2.75, 3.05) is 4.90 Å². The zero-order valence-corrected chi connectivity index (χ0v) is 19.7. The highest BCUT2D eigenvalue weighted by Crippen LogP contribution is 2.67. The first-order valence-electron chi connectivity index (χ1n) is 12.2. The average molecular weight is 479 g/mol. The highest BCUT2D eigenvalue weighted by Gasteiger charge is 2.72. The summed E-state index contributed by atoms with van der Waals surface area (Å²) < 4.78 is 0. The molecule has 180 valence electrons. The van der Waals surface area contributed by atoms with Gasteiger partial charge in [0.05, 0.1) is 16.5 Å². The van der Waals surface area contributed by atoms with E-state index in [0.717, 1.165) is 22.3 Å². The minimum Gasteiger partial charge on any atom is -0.595 e. The van der Waals surface area contributed by atoms with E-state index in [-0.39, 0.29) is 17.5 Å². The van der Waals surface area contributed by atoms with Crippen LogP contribution >= 0.6 is 0 Å². The maximum absolute atomic E-state index is 14.2. The molecular weight excluding hydrogens is 452 g/mol. The van der Waals surface area contributed by atoms with Crippen LogP contribution in [0.25, 0.3) is 5.57 Å². The topological polar surface area (TPSA) is 85.1 Å². The summed E-state index contributed by atoms with van der Waals surface area (Å²) in [6, 6.07) is 26.4. The normalized spacial score (nSPS) is 25.6. The van der Waals surface area contributed by atoms with Crippen LogP contribution in [0.15, 0.2) is 103 Å². The van der Waals surface area contributed by atoms with E-state index in [9.17, 15) is 20.0 Å². The SMILES string of the molecule is O=C1N(c2cccc([NH+]([O-])O)c2)C(=O)C23CC=CCC12CC(=C(c1ccccc1)c1ccccc1)C3. The Morgan fingerprint density at radius 3 is 1.81 bits per heavy atom. The van der Waals surface area contributed by atoms with Crippen molar-refractivity contribution < 1.29 is 20.0 Å². The Morgan fingerprint density at radius 2 is 1.31 bits per heavy atom. The molecule has 3 aliphatic rings. The summed E-state index contributed by atoms with van der Waals surface area (Å²) in [6.07, 6.45) is 6.02. The third-order valence-corrected chi connectivity index (χ3v) is 8.10. The van der Waals surface area contributed by atoms with Crippen LogP contribution in [0, 0.1) is 16.0 Å². The van der Waals surface area contributed by atoms with E-state index in [1.165, 1.54) is 17.0 Å². The molecular formula is C30H26N2O4. The van der Waals surface area contributed by atoms with Crippen molar-refractivity contribution in [3.05, 3.63) is 119 Å². The van der Waals surface area contributed by atoms with Crippen LogP contribution in [0.4, 0.5) is 11.4 Å². The van der Waals surface area contributed by atoms with Gasteiger partial charge in [-0.1, -0.05) is 84.5 Å².